The molecule has 1 fully saturated rings. The molecule has 5 N–H and O–H groups in total. The van der Waals surface area contributed by atoms with Crippen LogP contribution in [0.5, 0.6) is 0 Å². The minimum Gasteiger partial charge on any atom is -0.346 e. The van der Waals surface area contributed by atoms with Crippen LogP contribution in [0.1, 0.15) is 26.4 Å². The summed E-state index contributed by atoms with van der Waals surface area (Å²) in [5.74, 6) is -0.693. The Labute approximate surface area is 262 Å². The van der Waals surface area contributed by atoms with Crippen molar-refractivity contribution in [2.45, 2.75) is 11.4 Å². The number of carbonyl (C=O) groups is 2. The van der Waals surface area contributed by atoms with Gasteiger partial charge in [0.25, 0.3) is 20.9 Å². The molecule has 0 aliphatic carbocycles. The van der Waals surface area contributed by atoms with E-state index in [-0.39, 0.29) is 22.1 Å². The molecule has 14 nitrogen and oxygen atoms in total. The number of nitrogens with one attached hydrogen (secondary N) is 5. The van der Waals surface area contributed by atoms with Crippen molar-refractivity contribution in [3.63, 3.8) is 0 Å². The first-order valence-corrected chi connectivity index (χ1v) is 16.3. The van der Waals surface area contributed by atoms with Gasteiger partial charge in [-0.15, -0.1) is 0 Å². The van der Waals surface area contributed by atoms with E-state index in [1.807, 2.05) is 24.3 Å². The number of benzene rings is 2. The van der Waals surface area contributed by atoms with Crippen molar-refractivity contribution in [2.24, 2.45) is 0 Å². The molecule has 2 aromatic carbocycles. The van der Waals surface area contributed by atoms with Crippen molar-refractivity contribution in [3.8, 4) is 0 Å². The first-order valence-electron chi connectivity index (χ1n) is 14.0. The first kappa shape index (κ1) is 30.2. The molecule has 3 aromatic heterocycles. The fourth-order valence-electron chi connectivity index (χ4n) is 4.87. The smallest absolute Gasteiger partial charge is 0.275 e. The normalized spacial score (nSPS) is 14.4. The molecule has 0 radical (unpaired) electrons. The molecule has 1 aliphatic heterocycles. The Kier molecular flexibility index (Phi) is 8.49. The number of anilines is 4. The van der Waals surface area contributed by atoms with Crippen molar-refractivity contribution < 1.29 is 18.0 Å². The number of fused-ring (bicyclic) bond motifs is 1. The largest absolute Gasteiger partial charge is 0.346 e. The van der Waals surface area contributed by atoms with Gasteiger partial charge in [-0.1, -0.05) is 12.1 Å². The zero-order valence-corrected chi connectivity index (χ0v) is 25.6. The number of piperazine rings is 1. The highest BCUT2D eigenvalue weighted by atomic mass is 35.7. The summed E-state index contributed by atoms with van der Waals surface area (Å²) in [5, 5.41) is 16.0. The van der Waals surface area contributed by atoms with Gasteiger partial charge in [0.1, 0.15) is 17.2 Å². The second kappa shape index (κ2) is 12.6. The fraction of sp³-hybridized carbons (Fsp3) is 0.207. The van der Waals surface area contributed by atoms with E-state index in [9.17, 15) is 18.0 Å². The number of likely N-dealkylation sites (N-methyl/N-ethyl adjacent to an activating group) is 1. The highest BCUT2D eigenvalue weighted by molar-refractivity contribution is 8.13. The summed E-state index contributed by atoms with van der Waals surface area (Å²) >= 11 is 0. The van der Waals surface area contributed by atoms with Gasteiger partial charge >= 0.3 is 0 Å². The average molecular weight is 649 g/mol. The Balaban J connectivity index is 1.14. The molecule has 232 valence electrons. The molecule has 0 bridgehead atoms. The Bertz CT molecular complexity index is 1950. The van der Waals surface area contributed by atoms with Crippen LogP contribution >= 0.6 is 10.7 Å². The fourth-order valence-corrected chi connectivity index (χ4v) is 5.64. The van der Waals surface area contributed by atoms with Crippen molar-refractivity contribution in [1.82, 2.24) is 34.9 Å². The van der Waals surface area contributed by atoms with Crippen molar-refractivity contribution in [2.75, 3.05) is 49.2 Å². The van der Waals surface area contributed by atoms with E-state index in [1.54, 1.807) is 12.3 Å². The van der Waals surface area contributed by atoms with E-state index in [4.69, 9.17) is 10.7 Å². The second-order valence-corrected chi connectivity index (χ2v) is 13.1. The van der Waals surface area contributed by atoms with Crippen LogP contribution in [0.2, 0.25) is 0 Å². The van der Waals surface area contributed by atoms with Crippen LogP contribution in [0.3, 0.4) is 0 Å². The second-order valence-electron chi connectivity index (χ2n) is 10.6. The topological polar surface area (TPSA) is 181 Å². The molecule has 16 heteroatoms. The molecular weight excluding hydrogens is 620 g/mol. The lowest BCUT2D eigenvalue weighted by atomic mass is 10.1. The van der Waals surface area contributed by atoms with Crippen molar-refractivity contribution >= 4 is 65.7 Å². The van der Waals surface area contributed by atoms with Crippen molar-refractivity contribution in [1.29, 1.82) is 0 Å². The summed E-state index contributed by atoms with van der Waals surface area (Å²) in [6, 6.07) is 14.6. The van der Waals surface area contributed by atoms with Gasteiger partial charge in [-0.2, -0.15) is 15.1 Å². The Morgan fingerprint density at radius 1 is 0.933 bits per heavy atom. The molecule has 0 unspecified atom stereocenters. The third kappa shape index (κ3) is 7.12. The number of hydrogen-bond donors (Lipinski definition) is 5. The maximum Gasteiger partial charge on any atom is 0.275 e. The van der Waals surface area contributed by atoms with Crippen LogP contribution in [-0.4, -0.2) is 88.4 Å². The van der Waals surface area contributed by atoms with E-state index in [2.05, 4.69) is 57.9 Å². The minimum atomic E-state index is -3.92. The zero-order valence-electron chi connectivity index (χ0n) is 24.0. The van der Waals surface area contributed by atoms with Gasteiger partial charge in [-0.25, -0.2) is 8.42 Å². The third-order valence-electron chi connectivity index (χ3n) is 7.37. The number of rotatable bonds is 9. The molecule has 1 saturated heterocycles. The monoisotopic (exact) mass is 648 g/mol. The molecule has 5 aromatic rings. The molecule has 2 amide bonds. The molecule has 45 heavy (non-hydrogen) atoms. The van der Waals surface area contributed by atoms with Gasteiger partial charge in [-0.3, -0.25) is 24.9 Å². The summed E-state index contributed by atoms with van der Waals surface area (Å²) in [7, 11) is 3.56. The van der Waals surface area contributed by atoms with Crippen molar-refractivity contribution in [3.05, 3.63) is 83.8 Å². The Hall–Kier alpha value is -4.83. The number of aromatic nitrogens is 5. The molecule has 6 rings (SSSR count). The molecule has 0 spiro atoms. The summed E-state index contributed by atoms with van der Waals surface area (Å²) in [6.45, 7) is 5.01. The number of nitrogens with zero attached hydrogens (tertiary/aromatic N) is 5. The van der Waals surface area contributed by atoms with Crippen LogP contribution in [0, 0.1) is 0 Å². The summed E-state index contributed by atoms with van der Waals surface area (Å²) in [5.41, 5.74) is 2.94. The van der Waals surface area contributed by atoms with E-state index in [0.29, 0.717) is 28.2 Å². The van der Waals surface area contributed by atoms with E-state index in [0.717, 1.165) is 32.7 Å². The lowest BCUT2D eigenvalue weighted by Crippen LogP contribution is -2.43. The highest BCUT2D eigenvalue weighted by Crippen LogP contribution is 2.27. The molecule has 0 saturated carbocycles. The molecular formula is C29H29ClN10O4S. The average Bonchev–Trinajstić information content (AvgIpc) is 3.69. The van der Waals surface area contributed by atoms with E-state index < -0.39 is 20.9 Å². The maximum absolute atomic E-state index is 13.2. The van der Waals surface area contributed by atoms with Crippen LogP contribution < -0.4 is 16.0 Å². The Morgan fingerprint density at radius 3 is 2.38 bits per heavy atom. The first-order chi connectivity index (χ1) is 21.6. The van der Waals surface area contributed by atoms with Gasteiger partial charge in [0.2, 0.25) is 5.95 Å². The minimum absolute atomic E-state index is 0.0300. The quantitative estimate of drug-likeness (QED) is 0.148. The Morgan fingerprint density at radius 2 is 1.67 bits per heavy atom. The lowest BCUT2D eigenvalue weighted by Gasteiger charge is -2.32. The van der Waals surface area contributed by atoms with Crippen LogP contribution in [0.25, 0.3) is 11.0 Å². The standard InChI is InChI=1S/C29H29ClN10O4S/c1-39-12-14-40(15-13-39)17-18-2-6-20(7-3-18)33-28(42)24-23(16-32-38-24)34-26-22-10-11-31-25(22)35-29(36-26)37-27(41)19-4-8-21(9-5-19)45(30,43)44/h2-11,16H,12-15,17H2,1H3,(H,32,38)(H,33,42)(H3,31,34,35,36,37,41). The molecule has 1 aliphatic rings. The van der Waals surface area contributed by atoms with Gasteiger partial charge in [-0.05, 0) is 55.1 Å². The third-order valence-corrected chi connectivity index (χ3v) is 8.74. The number of carbonyl (C=O) groups excluding carboxylic acids is 2. The SMILES string of the molecule is CN1CCN(Cc2ccc(NC(=O)c3[nH]ncc3Nc3nc(NC(=O)c4ccc(S(=O)(=O)Cl)cc4)nc4[nH]ccc34)cc2)CC1. The number of halogens is 1. The summed E-state index contributed by atoms with van der Waals surface area (Å²) < 4.78 is 23.0. The van der Waals surface area contributed by atoms with E-state index >= 15 is 0 Å². The molecule has 0 atom stereocenters. The van der Waals surface area contributed by atoms with Gasteiger partial charge in [0.15, 0.2) is 0 Å². The predicted octanol–water partition coefficient (Wildman–Crippen LogP) is 3.60. The van der Waals surface area contributed by atoms with Crippen LogP contribution in [0.15, 0.2) is 71.9 Å². The summed E-state index contributed by atoms with van der Waals surface area (Å²) in [4.78, 5) is 42.4. The zero-order chi connectivity index (χ0) is 31.6. The number of H-pyrrole nitrogens is 2. The van der Waals surface area contributed by atoms with Gasteiger partial charge in [0.05, 0.1) is 22.2 Å². The molecule has 4 heterocycles. The number of amides is 2. The summed E-state index contributed by atoms with van der Waals surface area (Å²) in [6.07, 6.45) is 3.12. The van der Waals surface area contributed by atoms with Gasteiger partial charge in [0, 0.05) is 60.9 Å². The maximum atomic E-state index is 13.2. The van der Waals surface area contributed by atoms with Crippen LogP contribution in [-0.2, 0) is 15.6 Å². The lowest BCUT2D eigenvalue weighted by molar-refractivity contribution is 0.101. The number of hydrogen-bond acceptors (Lipinski definition) is 10. The van der Waals surface area contributed by atoms with E-state index in [1.165, 1.54) is 36.0 Å². The highest BCUT2D eigenvalue weighted by Gasteiger charge is 2.19. The van der Waals surface area contributed by atoms with Gasteiger partial charge < -0.3 is 20.5 Å². The van der Waals surface area contributed by atoms with Crippen LogP contribution in [0.4, 0.5) is 23.1 Å². The number of aromatic amines is 2. The predicted molar refractivity (Wildman–Crippen MR) is 170 cm³/mol.